The molecule has 2 rings (SSSR count). The van der Waals surface area contributed by atoms with Crippen molar-refractivity contribution in [3.8, 4) is 17.1 Å². The molecule has 0 aliphatic heterocycles. The van der Waals surface area contributed by atoms with Gasteiger partial charge in [-0.05, 0) is 18.2 Å². The number of aromatic nitrogens is 2. The van der Waals surface area contributed by atoms with E-state index in [1.54, 1.807) is 18.2 Å². The Kier molecular flexibility index (Phi) is 3.58. The third kappa shape index (κ3) is 2.75. The van der Waals surface area contributed by atoms with Crippen LogP contribution in [0.1, 0.15) is 5.69 Å². The van der Waals surface area contributed by atoms with Gasteiger partial charge in [0.05, 0.1) is 12.7 Å². The minimum absolute atomic E-state index is 0.200. The summed E-state index contributed by atoms with van der Waals surface area (Å²) in [6.07, 6.45) is -3.51. The highest BCUT2D eigenvalue weighted by Crippen LogP contribution is 2.35. The first-order chi connectivity index (χ1) is 8.82. The van der Waals surface area contributed by atoms with Crippen LogP contribution in [0, 0.1) is 0 Å². The lowest BCUT2D eigenvalue weighted by molar-refractivity contribution is -0.140. The summed E-state index contributed by atoms with van der Waals surface area (Å²) < 4.78 is 45.1. The highest BCUT2D eigenvalue weighted by molar-refractivity contribution is 9.10. The summed E-state index contributed by atoms with van der Waals surface area (Å²) >= 11 is 3.28. The monoisotopic (exact) mass is 334 g/mol. The number of hydrogen-bond donors (Lipinski definition) is 0. The van der Waals surface area contributed by atoms with Crippen molar-refractivity contribution in [2.24, 2.45) is 7.05 Å². The Bertz CT molecular complexity index is 608. The molecule has 1 aromatic heterocycles. The smallest absolute Gasteiger partial charge is 0.434 e. The summed E-state index contributed by atoms with van der Waals surface area (Å²) in [5, 5.41) is 0. The van der Waals surface area contributed by atoms with Crippen LogP contribution in [0.2, 0.25) is 0 Å². The number of alkyl halides is 3. The molecule has 0 aliphatic rings. The van der Waals surface area contributed by atoms with E-state index >= 15 is 0 Å². The standard InChI is InChI=1S/C12H10BrF3N2O/c1-18-6-10(12(14,15)16)17-11(18)8-5-7(13)3-4-9(8)19-2/h3-6H,1-2H3. The number of benzene rings is 1. The molecule has 3 nitrogen and oxygen atoms in total. The molecule has 102 valence electrons. The second-order valence-corrected chi connectivity index (χ2v) is 4.82. The number of nitrogens with zero attached hydrogens (tertiary/aromatic N) is 2. The number of rotatable bonds is 2. The number of methoxy groups -OCH3 is 1. The van der Waals surface area contributed by atoms with E-state index in [0.29, 0.717) is 11.3 Å². The molecule has 1 heterocycles. The van der Waals surface area contributed by atoms with Crippen LogP contribution in [0.25, 0.3) is 11.4 Å². The fourth-order valence-electron chi connectivity index (χ4n) is 1.71. The van der Waals surface area contributed by atoms with Crippen molar-refractivity contribution in [2.75, 3.05) is 7.11 Å². The second-order valence-electron chi connectivity index (χ2n) is 3.90. The highest BCUT2D eigenvalue weighted by atomic mass is 79.9. The van der Waals surface area contributed by atoms with Crippen molar-refractivity contribution in [3.05, 3.63) is 34.6 Å². The molecule has 0 aliphatic carbocycles. The Morgan fingerprint density at radius 1 is 1.32 bits per heavy atom. The van der Waals surface area contributed by atoms with Gasteiger partial charge in [-0.3, -0.25) is 0 Å². The van der Waals surface area contributed by atoms with E-state index in [9.17, 15) is 13.2 Å². The average Bonchev–Trinajstić information content (AvgIpc) is 2.71. The third-order valence-electron chi connectivity index (χ3n) is 2.57. The summed E-state index contributed by atoms with van der Waals surface area (Å²) in [5.74, 6) is 0.663. The molecule has 0 saturated heterocycles. The molecule has 0 N–H and O–H groups in total. The molecule has 0 bridgehead atoms. The molecular formula is C12H10BrF3N2O. The van der Waals surface area contributed by atoms with Crippen LogP contribution in [0.15, 0.2) is 28.9 Å². The van der Waals surface area contributed by atoms with Gasteiger partial charge in [0, 0.05) is 17.7 Å². The SMILES string of the molecule is COc1ccc(Br)cc1-c1nc(C(F)(F)F)cn1C. The summed E-state index contributed by atoms with van der Waals surface area (Å²) in [5.41, 5.74) is -0.429. The van der Waals surface area contributed by atoms with Crippen molar-refractivity contribution in [3.63, 3.8) is 0 Å². The maximum Gasteiger partial charge on any atom is 0.434 e. The predicted molar refractivity (Wildman–Crippen MR) is 67.9 cm³/mol. The van der Waals surface area contributed by atoms with E-state index in [4.69, 9.17) is 4.74 Å². The van der Waals surface area contributed by atoms with E-state index in [1.807, 2.05) is 0 Å². The van der Waals surface area contributed by atoms with Gasteiger partial charge >= 0.3 is 6.18 Å². The molecule has 0 fully saturated rings. The molecule has 7 heteroatoms. The van der Waals surface area contributed by atoms with Crippen LogP contribution in [0.4, 0.5) is 13.2 Å². The number of aryl methyl sites for hydroxylation is 1. The molecule has 0 radical (unpaired) electrons. The Morgan fingerprint density at radius 3 is 2.53 bits per heavy atom. The molecule has 0 spiro atoms. The summed E-state index contributed by atoms with van der Waals surface area (Å²) in [6.45, 7) is 0. The van der Waals surface area contributed by atoms with Crippen LogP contribution >= 0.6 is 15.9 Å². The van der Waals surface area contributed by atoms with E-state index < -0.39 is 11.9 Å². The van der Waals surface area contributed by atoms with Crippen LogP contribution in [-0.4, -0.2) is 16.7 Å². The van der Waals surface area contributed by atoms with Crippen molar-refractivity contribution in [2.45, 2.75) is 6.18 Å². The van der Waals surface area contributed by atoms with Crippen molar-refractivity contribution in [1.82, 2.24) is 9.55 Å². The van der Waals surface area contributed by atoms with Gasteiger partial charge in [0.2, 0.25) is 0 Å². The van der Waals surface area contributed by atoms with Gasteiger partial charge in [0.1, 0.15) is 11.6 Å². The molecule has 0 saturated carbocycles. The number of ether oxygens (including phenoxy) is 1. The highest BCUT2D eigenvalue weighted by Gasteiger charge is 2.34. The van der Waals surface area contributed by atoms with E-state index in [2.05, 4.69) is 20.9 Å². The maximum absolute atomic E-state index is 12.6. The van der Waals surface area contributed by atoms with Gasteiger partial charge in [0.25, 0.3) is 0 Å². The Balaban J connectivity index is 2.59. The van der Waals surface area contributed by atoms with Gasteiger partial charge in [-0.25, -0.2) is 4.98 Å². The summed E-state index contributed by atoms with van der Waals surface area (Å²) in [4.78, 5) is 3.64. The lowest BCUT2D eigenvalue weighted by Crippen LogP contribution is -2.04. The first-order valence-electron chi connectivity index (χ1n) is 5.27. The van der Waals surface area contributed by atoms with Gasteiger partial charge in [0.15, 0.2) is 5.69 Å². The predicted octanol–water partition coefficient (Wildman–Crippen LogP) is 3.88. The fraction of sp³-hybridized carbons (Fsp3) is 0.250. The Labute approximate surface area is 116 Å². The first-order valence-corrected chi connectivity index (χ1v) is 6.06. The molecule has 0 amide bonds. The van der Waals surface area contributed by atoms with Crippen molar-refractivity contribution in [1.29, 1.82) is 0 Å². The number of halogens is 4. The van der Waals surface area contributed by atoms with Gasteiger partial charge < -0.3 is 9.30 Å². The maximum atomic E-state index is 12.6. The summed E-state index contributed by atoms with van der Waals surface area (Å²) in [6, 6.07) is 5.08. The lowest BCUT2D eigenvalue weighted by Gasteiger charge is -2.08. The first kappa shape index (κ1) is 13.9. The topological polar surface area (TPSA) is 27.1 Å². The van der Waals surface area contributed by atoms with Gasteiger partial charge in [-0.1, -0.05) is 15.9 Å². The molecule has 19 heavy (non-hydrogen) atoms. The quantitative estimate of drug-likeness (QED) is 0.833. The van der Waals surface area contributed by atoms with Crippen LogP contribution in [-0.2, 0) is 13.2 Å². The Morgan fingerprint density at radius 2 is 2.00 bits per heavy atom. The largest absolute Gasteiger partial charge is 0.496 e. The normalized spacial score (nSPS) is 11.7. The minimum atomic E-state index is -4.46. The molecule has 0 unspecified atom stereocenters. The average molecular weight is 335 g/mol. The van der Waals surface area contributed by atoms with E-state index in [-0.39, 0.29) is 5.82 Å². The zero-order valence-corrected chi connectivity index (χ0v) is 11.7. The summed E-state index contributed by atoms with van der Waals surface area (Å²) in [7, 11) is 2.97. The molecule has 1 aromatic carbocycles. The Hall–Kier alpha value is -1.50. The third-order valence-corrected chi connectivity index (χ3v) is 3.06. The lowest BCUT2D eigenvalue weighted by atomic mass is 10.2. The van der Waals surface area contributed by atoms with Crippen molar-refractivity contribution < 1.29 is 17.9 Å². The van der Waals surface area contributed by atoms with Crippen LogP contribution in [0.3, 0.4) is 0 Å². The van der Waals surface area contributed by atoms with Crippen molar-refractivity contribution >= 4 is 15.9 Å². The second kappa shape index (κ2) is 4.88. The zero-order chi connectivity index (χ0) is 14.2. The number of hydrogen-bond acceptors (Lipinski definition) is 2. The minimum Gasteiger partial charge on any atom is -0.496 e. The molecule has 2 aromatic rings. The van der Waals surface area contributed by atoms with Crippen LogP contribution < -0.4 is 4.74 Å². The van der Waals surface area contributed by atoms with Gasteiger partial charge in [-0.2, -0.15) is 13.2 Å². The van der Waals surface area contributed by atoms with E-state index in [0.717, 1.165) is 10.7 Å². The van der Waals surface area contributed by atoms with E-state index in [1.165, 1.54) is 18.7 Å². The molecular weight excluding hydrogens is 325 g/mol. The fourth-order valence-corrected chi connectivity index (χ4v) is 2.07. The number of imidazole rings is 1. The van der Waals surface area contributed by atoms with Crippen LogP contribution in [0.5, 0.6) is 5.75 Å². The zero-order valence-electron chi connectivity index (χ0n) is 10.1. The van der Waals surface area contributed by atoms with Gasteiger partial charge in [-0.15, -0.1) is 0 Å². The molecule has 0 atom stereocenters.